The van der Waals surface area contributed by atoms with E-state index < -0.39 is 0 Å². The number of ether oxygens (including phenoxy) is 2. The van der Waals surface area contributed by atoms with Crippen LogP contribution in [0.2, 0.25) is 0 Å². The number of hydrogen-bond donors (Lipinski definition) is 1. The molecule has 2 heterocycles. The molecule has 2 aromatic heterocycles. The van der Waals surface area contributed by atoms with Crippen molar-refractivity contribution in [1.82, 2.24) is 24.5 Å². The van der Waals surface area contributed by atoms with Gasteiger partial charge in [0, 0.05) is 24.9 Å². The molecule has 21 heavy (non-hydrogen) atoms. The molecule has 7 nitrogen and oxygen atoms in total. The van der Waals surface area contributed by atoms with Gasteiger partial charge in [0.25, 0.3) is 0 Å². The number of rotatable bonds is 5. The van der Waals surface area contributed by atoms with Gasteiger partial charge >= 0.3 is 0 Å². The minimum Gasteiger partial charge on any atom is -0.493 e. The number of fused-ring (bicyclic) bond motifs is 1. The third kappa shape index (κ3) is 2.49. The fraction of sp³-hybridized carbons (Fsp3) is 0.308. The average molecular weight is 305 g/mol. The van der Waals surface area contributed by atoms with E-state index in [0.717, 1.165) is 11.0 Å². The first-order valence-electron chi connectivity index (χ1n) is 6.41. The molecule has 0 amide bonds. The number of methoxy groups -OCH3 is 2. The summed E-state index contributed by atoms with van der Waals surface area (Å²) in [7, 11) is 3.23. The molecule has 0 saturated carbocycles. The van der Waals surface area contributed by atoms with Crippen molar-refractivity contribution in [2.24, 2.45) is 0 Å². The maximum Gasteiger partial charge on any atom is 0.178 e. The number of imidazole rings is 1. The lowest BCUT2D eigenvalue weighted by molar-refractivity contribution is 0.355. The molecule has 0 aliphatic carbocycles. The lowest BCUT2D eigenvalue weighted by Crippen LogP contribution is -2.08. The van der Waals surface area contributed by atoms with Crippen molar-refractivity contribution in [2.75, 3.05) is 14.2 Å². The van der Waals surface area contributed by atoms with Gasteiger partial charge in [-0.3, -0.25) is 4.68 Å². The fourth-order valence-corrected chi connectivity index (χ4v) is 2.56. The van der Waals surface area contributed by atoms with Gasteiger partial charge in [-0.2, -0.15) is 0 Å². The third-order valence-corrected chi connectivity index (χ3v) is 3.63. The highest BCUT2D eigenvalue weighted by molar-refractivity contribution is 7.71. The minimum atomic E-state index is 0.653. The van der Waals surface area contributed by atoms with Gasteiger partial charge in [-0.1, -0.05) is 5.21 Å². The molecule has 3 aromatic rings. The molecule has 0 atom stereocenters. The van der Waals surface area contributed by atoms with Gasteiger partial charge < -0.3 is 19.0 Å². The second-order valence-electron chi connectivity index (χ2n) is 4.47. The molecule has 8 heteroatoms. The zero-order chi connectivity index (χ0) is 14.8. The van der Waals surface area contributed by atoms with Crippen molar-refractivity contribution in [3.8, 4) is 11.5 Å². The molecule has 1 aromatic carbocycles. The number of nitrogens with one attached hydrogen (secondary N) is 1. The molecule has 110 valence electrons. The summed E-state index contributed by atoms with van der Waals surface area (Å²) >= 11 is 5.39. The van der Waals surface area contributed by atoms with Crippen LogP contribution in [0.1, 0.15) is 0 Å². The number of nitrogens with zero attached hydrogens (tertiary/aromatic N) is 4. The van der Waals surface area contributed by atoms with Crippen LogP contribution in [0, 0.1) is 4.77 Å². The first kappa shape index (κ1) is 13.6. The van der Waals surface area contributed by atoms with Crippen LogP contribution in [0.5, 0.6) is 11.5 Å². The summed E-state index contributed by atoms with van der Waals surface area (Å²) in [6.45, 7) is 1.38. The minimum absolute atomic E-state index is 0.653. The Kier molecular flexibility index (Phi) is 3.61. The maximum absolute atomic E-state index is 5.39. The van der Waals surface area contributed by atoms with E-state index in [1.807, 2.05) is 22.9 Å². The first-order chi connectivity index (χ1) is 10.2. The molecule has 0 radical (unpaired) electrons. The van der Waals surface area contributed by atoms with Crippen molar-refractivity contribution in [1.29, 1.82) is 0 Å². The topological polar surface area (TPSA) is 69.9 Å². The molecule has 1 N–H and O–H groups in total. The van der Waals surface area contributed by atoms with Crippen LogP contribution in [0.25, 0.3) is 11.0 Å². The van der Waals surface area contributed by atoms with Gasteiger partial charge in [0.1, 0.15) is 0 Å². The second-order valence-corrected chi connectivity index (χ2v) is 4.86. The van der Waals surface area contributed by atoms with E-state index >= 15 is 0 Å². The van der Waals surface area contributed by atoms with Gasteiger partial charge in [-0.05, 0) is 12.2 Å². The molecule has 0 aliphatic heterocycles. The highest BCUT2D eigenvalue weighted by Gasteiger charge is 2.11. The molecular weight excluding hydrogens is 290 g/mol. The predicted octanol–water partition coefficient (Wildman–Crippen LogP) is 2.01. The molecule has 0 aliphatic rings. The summed E-state index contributed by atoms with van der Waals surface area (Å²) in [5.74, 6) is 1.35. The number of aromatic nitrogens is 5. The van der Waals surface area contributed by atoms with E-state index in [-0.39, 0.29) is 0 Å². The quantitative estimate of drug-likeness (QED) is 0.730. The van der Waals surface area contributed by atoms with Gasteiger partial charge in [0.15, 0.2) is 16.3 Å². The highest BCUT2D eigenvalue weighted by atomic mass is 32.1. The van der Waals surface area contributed by atoms with E-state index in [0.29, 0.717) is 29.4 Å². The Hall–Kier alpha value is -2.35. The van der Waals surface area contributed by atoms with Crippen molar-refractivity contribution in [2.45, 2.75) is 13.1 Å². The van der Waals surface area contributed by atoms with Crippen LogP contribution in [-0.2, 0) is 13.1 Å². The van der Waals surface area contributed by atoms with Crippen molar-refractivity contribution < 1.29 is 9.47 Å². The summed E-state index contributed by atoms with van der Waals surface area (Å²) in [6.07, 6.45) is 3.48. The van der Waals surface area contributed by atoms with Crippen molar-refractivity contribution in [3.05, 3.63) is 29.3 Å². The van der Waals surface area contributed by atoms with E-state index in [1.165, 1.54) is 0 Å². The zero-order valence-corrected chi connectivity index (χ0v) is 12.6. The first-order valence-corrected chi connectivity index (χ1v) is 6.82. The smallest absolute Gasteiger partial charge is 0.178 e. The van der Waals surface area contributed by atoms with E-state index in [9.17, 15) is 0 Å². The molecule has 0 unspecified atom stereocenters. The van der Waals surface area contributed by atoms with E-state index in [1.54, 1.807) is 25.1 Å². The number of benzene rings is 1. The molecular formula is C13H15N5O2S. The number of aryl methyl sites for hydroxylation is 2. The Balaban J connectivity index is 2.01. The number of hydrogen-bond acceptors (Lipinski definition) is 5. The maximum atomic E-state index is 5.39. The summed E-state index contributed by atoms with van der Waals surface area (Å²) in [6, 6.07) is 3.80. The Morgan fingerprint density at radius 1 is 1.19 bits per heavy atom. The third-order valence-electron chi connectivity index (χ3n) is 3.30. The Morgan fingerprint density at radius 2 is 1.95 bits per heavy atom. The number of H-pyrrole nitrogens is 1. The van der Waals surface area contributed by atoms with Gasteiger partial charge in [0.2, 0.25) is 0 Å². The van der Waals surface area contributed by atoms with Gasteiger partial charge in [-0.15, -0.1) is 5.10 Å². The molecule has 0 fully saturated rings. The highest BCUT2D eigenvalue weighted by Crippen LogP contribution is 2.31. The molecule has 3 rings (SSSR count). The van der Waals surface area contributed by atoms with Crippen LogP contribution < -0.4 is 9.47 Å². The normalized spacial score (nSPS) is 11.0. The van der Waals surface area contributed by atoms with E-state index in [2.05, 4.69) is 15.3 Å². The number of aromatic amines is 1. The lowest BCUT2D eigenvalue weighted by atomic mass is 10.2. The summed E-state index contributed by atoms with van der Waals surface area (Å²) in [5.41, 5.74) is 1.88. The van der Waals surface area contributed by atoms with Crippen molar-refractivity contribution in [3.63, 3.8) is 0 Å². The summed E-state index contributed by atoms with van der Waals surface area (Å²) in [5, 5.41) is 7.74. The van der Waals surface area contributed by atoms with Crippen LogP contribution >= 0.6 is 12.2 Å². The summed E-state index contributed by atoms with van der Waals surface area (Å²) < 4.78 is 15.1. The summed E-state index contributed by atoms with van der Waals surface area (Å²) in [4.78, 5) is 3.18. The molecule has 0 bridgehead atoms. The largest absolute Gasteiger partial charge is 0.493 e. The van der Waals surface area contributed by atoms with Gasteiger partial charge in [0.05, 0.1) is 38.0 Å². The standard InChI is InChI=1S/C13H15N5O2S/c1-19-11-7-9-10(8-12(11)20-2)18(13(21)15-9)6-5-17-4-3-14-16-17/h3-4,7-8H,5-6H2,1-2H3,(H,15,21). The lowest BCUT2D eigenvalue weighted by Gasteiger charge is -2.09. The van der Waals surface area contributed by atoms with Crippen LogP contribution in [0.15, 0.2) is 24.5 Å². The monoisotopic (exact) mass is 305 g/mol. The van der Waals surface area contributed by atoms with Crippen LogP contribution in [0.3, 0.4) is 0 Å². The van der Waals surface area contributed by atoms with Gasteiger partial charge in [-0.25, -0.2) is 0 Å². The predicted molar refractivity (Wildman–Crippen MR) is 80.2 cm³/mol. The Bertz CT molecular complexity index is 806. The van der Waals surface area contributed by atoms with E-state index in [4.69, 9.17) is 21.7 Å². The fourth-order valence-electron chi connectivity index (χ4n) is 2.26. The Labute approximate surface area is 126 Å². The van der Waals surface area contributed by atoms with Crippen LogP contribution in [0.4, 0.5) is 0 Å². The van der Waals surface area contributed by atoms with Crippen molar-refractivity contribution >= 4 is 23.3 Å². The average Bonchev–Trinajstić information content (AvgIpc) is 3.10. The SMILES string of the molecule is COc1cc2[nH]c(=S)n(CCn3ccnn3)c2cc1OC. The Morgan fingerprint density at radius 3 is 2.62 bits per heavy atom. The molecule has 0 saturated heterocycles. The van der Waals surface area contributed by atoms with Crippen LogP contribution in [-0.4, -0.2) is 38.8 Å². The molecule has 0 spiro atoms. The zero-order valence-electron chi connectivity index (χ0n) is 11.7. The second kappa shape index (κ2) is 5.57.